The summed E-state index contributed by atoms with van der Waals surface area (Å²) in [5.74, 6) is -4.75. The van der Waals surface area contributed by atoms with Gasteiger partial charge in [0.15, 0.2) is 5.78 Å². The lowest BCUT2D eigenvalue weighted by Gasteiger charge is -2.35. The summed E-state index contributed by atoms with van der Waals surface area (Å²) in [5, 5.41) is 7.51. The molecule has 0 radical (unpaired) electrons. The van der Waals surface area contributed by atoms with Crippen LogP contribution >= 0.6 is 11.6 Å². The van der Waals surface area contributed by atoms with Crippen molar-refractivity contribution >= 4 is 35.2 Å². The molecule has 36 heavy (non-hydrogen) atoms. The van der Waals surface area contributed by atoms with E-state index in [1.165, 1.54) is 12.1 Å². The number of hydrogen-bond donors (Lipinski definition) is 2. The molecule has 0 aliphatic heterocycles. The van der Waals surface area contributed by atoms with Crippen molar-refractivity contribution in [3.05, 3.63) is 34.6 Å². The van der Waals surface area contributed by atoms with Crippen LogP contribution in [0.5, 0.6) is 0 Å². The third kappa shape index (κ3) is 7.83. The average Bonchev–Trinajstić information content (AvgIpc) is 2.73. The van der Waals surface area contributed by atoms with E-state index < -0.39 is 58.5 Å². The van der Waals surface area contributed by atoms with Crippen LogP contribution in [0.3, 0.4) is 0 Å². The Morgan fingerprint density at radius 2 is 1.86 bits per heavy atom. The Balaban J connectivity index is 2.48. The number of hydrogen-bond acceptors (Lipinski definition) is 5. The number of carbonyl (C=O) groups excluding carboxylic acids is 2. The molecule has 1 fully saturated rings. The molecule has 0 spiro atoms. The molecule has 1 aromatic carbocycles. The Labute approximate surface area is 213 Å². The maximum Gasteiger partial charge on any atom is 0.430 e. The van der Waals surface area contributed by atoms with Crippen molar-refractivity contribution in [3.63, 3.8) is 0 Å². The van der Waals surface area contributed by atoms with Gasteiger partial charge >= 0.3 is 6.18 Å². The molecule has 1 saturated carbocycles. The number of nitrogens with zero attached hydrogens (tertiary/aromatic N) is 2. The second-order valence-electron chi connectivity index (χ2n) is 10.7. The van der Waals surface area contributed by atoms with E-state index in [0.29, 0.717) is 25.0 Å². The van der Waals surface area contributed by atoms with E-state index >= 15 is 0 Å². The van der Waals surface area contributed by atoms with E-state index in [1.807, 2.05) is 6.92 Å². The van der Waals surface area contributed by atoms with Crippen molar-refractivity contribution in [2.45, 2.75) is 65.2 Å². The molecule has 1 amide bonds. The van der Waals surface area contributed by atoms with Crippen molar-refractivity contribution in [2.24, 2.45) is 28.0 Å². The second kappa shape index (κ2) is 11.4. The molecule has 1 unspecified atom stereocenters. The first kappa shape index (κ1) is 29.9. The van der Waals surface area contributed by atoms with Gasteiger partial charge < -0.3 is 16.0 Å². The maximum absolute atomic E-state index is 14.3. The van der Waals surface area contributed by atoms with Crippen LogP contribution in [-0.2, 0) is 4.79 Å². The van der Waals surface area contributed by atoms with Crippen molar-refractivity contribution in [3.8, 4) is 0 Å². The molecule has 3 N–H and O–H groups in total. The summed E-state index contributed by atoms with van der Waals surface area (Å²) in [6, 6.07) is 3.63. The number of carbonyl (C=O) groups is 2. The van der Waals surface area contributed by atoms with E-state index in [4.69, 9.17) is 22.7 Å². The SMILES string of the molecule is CC1CCC(N)(N=C(C(C=N)C(=O)N(CC(=O)c2c(F)cccc2Cl)CC(C)(C)C)C(F)(F)F)CC1. The summed E-state index contributed by atoms with van der Waals surface area (Å²) in [7, 11) is 0. The predicted molar refractivity (Wildman–Crippen MR) is 132 cm³/mol. The molecule has 0 saturated heterocycles. The van der Waals surface area contributed by atoms with E-state index in [1.54, 1.807) is 20.8 Å². The number of halogens is 5. The molecule has 1 atom stereocenters. The van der Waals surface area contributed by atoms with Gasteiger partial charge in [0.05, 0.1) is 17.1 Å². The Bertz CT molecular complexity index is 992. The summed E-state index contributed by atoms with van der Waals surface area (Å²) < 4.78 is 56.8. The van der Waals surface area contributed by atoms with Gasteiger partial charge in [0.1, 0.15) is 23.1 Å². The van der Waals surface area contributed by atoms with Crippen molar-refractivity contribution < 1.29 is 27.2 Å². The summed E-state index contributed by atoms with van der Waals surface area (Å²) >= 11 is 5.97. The fraction of sp³-hybridized carbons (Fsp3) is 0.600. The number of aliphatic imine (C=N–C) groups is 1. The molecule has 2 rings (SSSR count). The highest BCUT2D eigenvalue weighted by Gasteiger charge is 2.47. The molecule has 0 aromatic heterocycles. The number of alkyl halides is 3. The van der Waals surface area contributed by atoms with Crippen LogP contribution in [0.4, 0.5) is 17.6 Å². The van der Waals surface area contributed by atoms with Gasteiger partial charge in [0.25, 0.3) is 0 Å². The summed E-state index contributed by atoms with van der Waals surface area (Å²) in [6.45, 7) is 6.29. The lowest BCUT2D eigenvalue weighted by atomic mass is 9.83. The molecule has 11 heteroatoms. The van der Waals surface area contributed by atoms with Crippen molar-refractivity contribution in [2.75, 3.05) is 13.1 Å². The van der Waals surface area contributed by atoms with Crippen LogP contribution in [0.15, 0.2) is 23.2 Å². The van der Waals surface area contributed by atoms with Gasteiger partial charge in [0, 0.05) is 12.8 Å². The highest BCUT2D eigenvalue weighted by molar-refractivity contribution is 6.34. The number of Topliss-reactive ketones (excluding diaryl/α,β-unsaturated/α-hetero) is 1. The topological polar surface area (TPSA) is 99.6 Å². The number of ketones is 1. The Kier molecular flexibility index (Phi) is 9.45. The fourth-order valence-corrected chi connectivity index (χ4v) is 4.46. The monoisotopic (exact) mass is 532 g/mol. The number of amides is 1. The van der Waals surface area contributed by atoms with Gasteiger partial charge in [-0.15, -0.1) is 0 Å². The molecule has 200 valence electrons. The van der Waals surface area contributed by atoms with Gasteiger partial charge in [-0.1, -0.05) is 45.4 Å². The molecule has 1 aliphatic carbocycles. The summed E-state index contributed by atoms with van der Waals surface area (Å²) in [6.07, 6.45) is -3.09. The van der Waals surface area contributed by atoms with Crippen LogP contribution in [0, 0.1) is 28.5 Å². The predicted octanol–water partition coefficient (Wildman–Crippen LogP) is 5.67. The van der Waals surface area contributed by atoms with Crippen LogP contribution in [0.25, 0.3) is 0 Å². The van der Waals surface area contributed by atoms with Crippen LogP contribution in [-0.4, -0.2) is 53.4 Å². The molecular weight excluding hydrogens is 500 g/mol. The van der Waals surface area contributed by atoms with Gasteiger partial charge in [-0.25, -0.2) is 4.39 Å². The minimum absolute atomic E-state index is 0.135. The van der Waals surface area contributed by atoms with Crippen molar-refractivity contribution in [1.82, 2.24) is 4.90 Å². The first-order valence-electron chi connectivity index (χ1n) is 11.7. The third-order valence-electron chi connectivity index (χ3n) is 6.05. The summed E-state index contributed by atoms with van der Waals surface area (Å²) in [4.78, 5) is 31.1. The standard InChI is InChI=1S/C25H33ClF4N4O2/c1-15-8-10-24(32,11-9-15)33-21(25(28,29)30)16(12-31)22(36)34(14-23(2,3)4)13-19(35)20-17(26)6-5-7-18(20)27/h5-7,12,15-16,31H,8-11,13-14,32H2,1-4H3. The van der Waals surface area contributed by atoms with E-state index in [0.717, 1.165) is 11.0 Å². The average molecular weight is 533 g/mol. The van der Waals surface area contributed by atoms with E-state index in [9.17, 15) is 27.2 Å². The number of rotatable bonds is 8. The largest absolute Gasteiger partial charge is 0.430 e. The lowest BCUT2D eigenvalue weighted by molar-refractivity contribution is -0.133. The van der Waals surface area contributed by atoms with Gasteiger partial charge in [-0.05, 0) is 49.1 Å². The number of benzene rings is 1. The molecule has 0 bridgehead atoms. The first-order valence-corrected chi connectivity index (χ1v) is 12.1. The number of nitrogens with one attached hydrogen (secondary N) is 1. The highest BCUT2D eigenvalue weighted by atomic mass is 35.5. The van der Waals surface area contributed by atoms with E-state index in [-0.39, 0.29) is 24.4 Å². The smallest absolute Gasteiger partial charge is 0.334 e. The Hall–Kier alpha value is -2.33. The normalized spacial score (nSPS) is 22.2. The van der Waals surface area contributed by atoms with Gasteiger partial charge in [0.2, 0.25) is 5.91 Å². The minimum Gasteiger partial charge on any atom is -0.334 e. The molecule has 1 aliphatic rings. The Morgan fingerprint density at radius 1 is 1.28 bits per heavy atom. The van der Waals surface area contributed by atoms with Gasteiger partial charge in [-0.2, -0.15) is 13.2 Å². The third-order valence-corrected chi connectivity index (χ3v) is 6.37. The quantitative estimate of drug-likeness (QED) is 0.256. The minimum atomic E-state index is -5.04. The second-order valence-corrected chi connectivity index (χ2v) is 11.1. The maximum atomic E-state index is 14.3. The molecular formula is C25H33ClF4N4O2. The van der Waals surface area contributed by atoms with Crippen LogP contribution in [0.2, 0.25) is 5.02 Å². The zero-order valence-corrected chi connectivity index (χ0v) is 21.6. The fourth-order valence-electron chi connectivity index (χ4n) is 4.19. The molecule has 1 aromatic rings. The molecule has 6 nitrogen and oxygen atoms in total. The van der Waals surface area contributed by atoms with E-state index in [2.05, 4.69) is 4.99 Å². The van der Waals surface area contributed by atoms with Crippen LogP contribution in [0.1, 0.15) is 63.7 Å². The summed E-state index contributed by atoms with van der Waals surface area (Å²) in [5.41, 5.74) is 2.10. The van der Waals surface area contributed by atoms with Crippen molar-refractivity contribution in [1.29, 1.82) is 5.41 Å². The Morgan fingerprint density at radius 3 is 2.33 bits per heavy atom. The van der Waals surface area contributed by atoms with Crippen LogP contribution < -0.4 is 5.73 Å². The van der Waals surface area contributed by atoms with Gasteiger partial charge in [-0.3, -0.25) is 14.6 Å². The number of nitrogens with two attached hydrogens (primary N) is 1. The lowest BCUT2D eigenvalue weighted by Crippen LogP contribution is -2.51. The zero-order valence-electron chi connectivity index (χ0n) is 20.9. The first-order chi connectivity index (χ1) is 16.5. The highest BCUT2D eigenvalue weighted by Crippen LogP contribution is 2.34. The molecule has 0 heterocycles. The zero-order chi connectivity index (χ0) is 27.5.